The molecule has 0 bridgehead atoms. The molecule has 1 N–H and O–H groups in total. The maximum Gasteiger partial charge on any atom is 0.133 e. The van der Waals surface area contributed by atoms with Crippen LogP contribution in [0.15, 0.2) is 15.2 Å². The fourth-order valence-electron chi connectivity index (χ4n) is 2.03. The fourth-order valence-corrected chi connectivity index (χ4v) is 3.49. The van der Waals surface area contributed by atoms with E-state index >= 15 is 0 Å². The molecule has 0 saturated heterocycles. The third-order valence-electron chi connectivity index (χ3n) is 3.08. The van der Waals surface area contributed by atoms with E-state index in [1.54, 1.807) is 11.3 Å². The number of nitrogens with one attached hydrogen (secondary N) is 1. The first-order valence-corrected chi connectivity index (χ1v) is 8.74. The van der Waals surface area contributed by atoms with Gasteiger partial charge in [-0.05, 0) is 35.7 Å². The summed E-state index contributed by atoms with van der Waals surface area (Å²) in [4.78, 5) is 9.43. The Morgan fingerprint density at radius 2 is 2.00 bits per heavy atom. The molecule has 2 rings (SSSR count). The molecule has 0 aromatic carbocycles. The zero-order valence-electron chi connectivity index (χ0n) is 12.2. The maximum atomic E-state index is 4.76. The van der Waals surface area contributed by atoms with Crippen LogP contribution in [0.2, 0.25) is 0 Å². The van der Waals surface area contributed by atoms with Gasteiger partial charge < -0.3 is 5.32 Å². The second kappa shape index (κ2) is 7.18. The van der Waals surface area contributed by atoms with E-state index in [-0.39, 0.29) is 0 Å². The summed E-state index contributed by atoms with van der Waals surface area (Å²) < 4.78 is 1.10. The number of anilines is 1. The average molecular weight is 354 g/mol. The minimum Gasteiger partial charge on any atom is -0.370 e. The standard InChI is InChI=1S/C15H20BrN3S/c1-4-6-13-18-14(11-8-20-9-12(11)16)10(3)15(19-13)17-7-5-2/h8-9H,4-7H2,1-3H3,(H,17,18,19). The molecule has 2 aromatic heterocycles. The summed E-state index contributed by atoms with van der Waals surface area (Å²) in [6.45, 7) is 7.34. The zero-order chi connectivity index (χ0) is 14.5. The second-order valence-electron chi connectivity index (χ2n) is 4.77. The van der Waals surface area contributed by atoms with Crippen molar-refractivity contribution in [3.05, 3.63) is 26.6 Å². The molecule has 3 nitrogen and oxygen atoms in total. The van der Waals surface area contributed by atoms with Crippen LogP contribution in [-0.2, 0) is 6.42 Å². The Morgan fingerprint density at radius 1 is 1.20 bits per heavy atom. The SMILES string of the molecule is CCCNc1nc(CCC)nc(-c2cscc2Br)c1C. The number of halogens is 1. The Balaban J connectivity index is 2.48. The molecule has 0 saturated carbocycles. The third kappa shape index (κ3) is 3.38. The van der Waals surface area contributed by atoms with E-state index in [4.69, 9.17) is 4.98 Å². The molecule has 108 valence electrons. The van der Waals surface area contributed by atoms with Gasteiger partial charge in [-0.3, -0.25) is 0 Å². The average Bonchev–Trinajstić information content (AvgIpc) is 2.85. The van der Waals surface area contributed by atoms with Crippen LogP contribution in [0.25, 0.3) is 11.3 Å². The van der Waals surface area contributed by atoms with Crippen molar-refractivity contribution in [2.75, 3.05) is 11.9 Å². The van der Waals surface area contributed by atoms with Crippen molar-refractivity contribution in [2.45, 2.75) is 40.0 Å². The molecule has 0 spiro atoms. The monoisotopic (exact) mass is 353 g/mol. The molecular formula is C15H20BrN3S. The van der Waals surface area contributed by atoms with Gasteiger partial charge in [-0.15, -0.1) is 0 Å². The lowest BCUT2D eigenvalue weighted by Crippen LogP contribution is -2.09. The Labute approximate surface area is 133 Å². The summed E-state index contributed by atoms with van der Waals surface area (Å²) in [5, 5.41) is 7.65. The molecule has 0 unspecified atom stereocenters. The largest absolute Gasteiger partial charge is 0.370 e. The number of hydrogen-bond donors (Lipinski definition) is 1. The molecule has 5 heteroatoms. The van der Waals surface area contributed by atoms with Gasteiger partial charge in [0.15, 0.2) is 0 Å². The van der Waals surface area contributed by atoms with Gasteiger partial charge in [0, 0.05) is 39.3 Å². The van der Waals surface area contributed by atoms with Gasteiger partial charge >= 0.3 is 0 Å². The molecule has 0 atom stereocenters. The van der Waals surface area contributed by atoms with Gasteiger partial charge in [0.1, 0.15) is 11.6 Å². The molecule has 20 heavy (non-hydrogen) atoms. The summed E-state index contributed by atoms with van der Waals surface area (Å²) in [7, 11) is 0. The van der Waals surface area contributed by atoms with E-state index in [2.05, 4.69) is 57.8 Å². The highest BCUT2D eigenvalue weighted by atomic mass is 79.9. The summed E-state index contributed by atoms with van der Waals surface area (Å²) >= 11 is 5.29. The first kappa shape index (κ1) is 15.4. The van der Waals surface area contributed by atoms with Gasteiger partial charge in [-0.2, -0.15) is 11.3 Å². The van der Waals surface area contributed by atoms with Crippen LogP contribution in [0.4, 0.5) is 5.82 Å². The molecule has 0 aliphatic rings. The van der Waals surface area contributed by atoms with E-state index < -0.39 is 0 Å². The van der Waals surface area contributed by atoms with Gasteiger partial charge in [0.05, 0.1) is 5.69 Å². The van der Waals surface area contributed by atoms with E-state index in [1.165, 1.54) is 0 Å². The first-order chi connectivity index (χ1) is 9.67. The lowest BCUT2D eigenvalue weighted by molar-refractivity contribution is 0.830. The van der Waals surface area contributed by atoms with Crippen LogP contribution in [0.3, 0.4) is 0 Å². The Kier molecular flexibility index (Phi) is 5.54. The van der Waals surface area contributed by atoms with E-state index in [0.717, 1.165) is 58.7 Å². The smallest absolute Gasteiger partial charge is 0.133 e. The van der Waals surface area contributed by atoms with Gasteiger partial charge in [-0.1, -0.05) is 13.8 Å². The number of aryl methyl sites for hydroxylation is 1. The predicted octanol–water partition coefficient (Wildman–Crippen LogP) is 5.05. The van der Waals surface area contributed by atoms with Crippen LogP contribution in [-0.4, -0.2) is 16.5 Å². The Morgan fingerprint density at radius 3 is 2.60 bits per heavy atom. The van der Waals surface area contributed by atoms with E-state index in [1.807, 2.05) is 0 Å². The normalized spacial score (nSPS) is 10.8. The molecule has 2 aromatic rings. The van der Waals surface area contributed by atoms with E-state index in [0.29, 0.717) is 0 Å². The van der Waals surface area contributed by atoms with Crippen molar-refractivity contribution < 1.29 is 0 Å². The molecule has 0 aliphatic heterocycles. The van der Waals surface area contributed by atoms with Crippen LogP contribution in [0.1, 0.15) is 38.1 Å². The zero-order valence-corrected chi connectivity index (χ0v) is 14.6. The lowest BCUT2D eigenvalue weighted by Gasteiger charge is -2.13. The summed E-state index contributed by atoms with van der Waals surface area (Å²) in [5.41, 5.74) is 3.32. The van der Waals surface area contributed by atoms with Crippen molar-refractivity contribution in [1.29, 1.82) is 0 Å². The fraction of sp³-hybridized carbons (Fsp3) is 0.467. The third-order valence-corrected chi connectivity index (χ3v) is 4.78. The van der Waals surface area contributed by atoms with Crippen molar-refractivity contribution >= 4 is 33.1 Å². The highest BCUT2D eigenvalue weighted by molar-refractivity contribution is 9.10. The minimum absolute atomic E-state index is 0.913. The lowest BCUT2D eigenvalue weighted by atomic mass is 10.1. The summed E-state index contributed by atoms with van der Waals surface area (Å²) in [6, 6.07) is 0. The van der Waals surface area contributed by atoms with E-state index in [9.17, 15) is 0 Å². The number of rotatable bonds is 6. The van der Waals surface area contributed by atoms with Gasteiger partial charge in [0.25, 0.3) is 0 Å². The van der Waals surface area contributed by atoms with Crippen LogP contribution >= 0.6 is 27.3 Å². The van der Waals surface area contributed by atoms with Crippen molar-refractivity contribution in [1.82, 2.24) is 9.97 Å². The van der Waals surface area contributed by atoms with Crippen molar-refractivity contribution in [2.24, 2.45) is 0 Å². The highest BCUT2D eigenvalue weighted by Crippen LogP contribution is 2.34. The number of nitrogens with zero attached hydrogens (tertiary/aromatic N) is 2. The predicted molar refractivity (Wildman–Crippen MR) is 90.6 cm³/mol. The molecule has 0 radical (unpaired) electrons. The maximum absolute atomic E-state index is 4.76. The Hall–Kier alpha value is -0.940. The number of thiophene rings is 1. The summed E-state index contributed by atoms with van der Waals surface area (Å²) in [5.74, 6) is 1.89. The van der Waals surface area contributed by atoms with Crippen molar-refractivity contribution in [3.8, 4) is 11.3 Å². The molecule has 0 aliphatic carbocycles. The molecule has 0 amide bonds. The topological polar surface area (TPSA) is 37.8 Å². The quantitative estimate of drug-likeness (QED) is 0.789. The summed E-state index contributed by atoms with van der Waals surface area (Å²) in [6.07, 6.45) is 3.06. The van der Waals surface area contributed by atoms with Crippen molar-refractivity contribution in [3.63, 3.8) is 0 Å². The Bertz CT molecular complexity index is 580. The van der Waals surface area contributed by atoms with Gasteiger partial charge in [0.2, 0.25) is 0 Å². The van der Waals surface area contributed by atoms with Gasteiger partial charge in [-0.25, -0.2) is 9.97 Å². The molecule has 2 heterocycles. The highest BCUT2D eigenvalue weighted by Gasteiger charge is 2.14. The van der Waals surface area contributed by atoms with Crippen LogP contribution in [0, 0.1) is 6.92 Å². The second-order valence-corrected chi connectivity index (χ2v) is 6.37. The number of hydrogen-bond acceptors (Lipinski definition) is 4. The first-order valence-electron chi connectivity index (χ1n) is 7.00. The minimum atomic E-state index is 0.913. The molecule has 0 fully saturated rings. The van der Waals surface area contributed by atoms with Crippen LogP contribution < -0.4 is 5.32 Å². The van der Waals surface area contributed by atoms with Crippen LogP contribution in [0.5, 0.6) is 0 Å². The molecular weight excluding hydrogens is 334 g/mol. The number of aromatic nitrogens is 2.